The molecule has 114 valence electrons. The second-order valence-corrected chi connectivity index (χ2v) is 7.60. The number of hydrogen-bond acceptors (Lipinski definition) is 2. The van der Waals surface area contributed by atoms with E-state index in [0.717, 1.165) is 6.42 Å². The van der Waals surface area contributed by atoms with Gasteiger partial charge >= 0.3 is 9.28 Å². The zero-order valence-electron chi connectivity index (χ0n) is 13.4. The molecule has 0 aromatic heterocycles. The Bertz CT molecular complexity index is 351. The summed E-state index contributed by atoms with van der Waals surface area (Å²) in [4.78, 5) is 0. The van der Waals surface area contributed by atoms with Gasteiger partial charge < -0.3 is 8.85 Å². The minimum Gasteiger partial charge on any atom is -0.397 e. The topological polar surface area (TPSA) is 18.5 Å². The molecule has 0 amide bonds. The summed E-state index contributed by atoms with van der Waals surface area (Å²) in [5.74, 6) is 0. The Morgan fingerprint density at radius 2 is 1.45 bits per heavy atom. The maximum Gasteiger partial charge on any atom is 0.355 e. The van der Waals surface area contributed by atoms with E-state index >= 15 is 0 Å². The van der Waals surface area contributed by atoms with Gasteiger partial charge in [0.2, 0.25) is 0 Å². The van der Waals surface area contributed by atoms with Crippen LogP contribution in [0.15, 0.2) is 24.3 Å². The first kappa shape index (κ1) is 17.4. The second-order valence-electron chi connectivity index (χ2n) is 5.37. The molecule has 0 saturated heterocycles. The van der Waals surface area contributed by atoms with Crippen molar-refractivity contribution >= 4 is 14.5 Å². The van der Waals surface area contributed by atoms with E-state index in [1.165, 1.54) is 55.7 Å². The highest BCUT2D eigenvalue weighted by Gasteiger charge is 2.16. The largest absolute Gasteiger partial charge is 0.397 e. The van der Waals surface area contributed by atoms with Gasteiger partial charge in [0, 0.05) is 14.2 Å². The van der Waals surface area contributed by atoms with Crippen molar-refractivity contribution in [1.82, 2.24) is 0 Å². The average Bonchev–Trinajstić information content (AvgIpc) is 2.49. The normalized spacial score (nSPS) is 11.2. The lowest BCUT2D eigenvalue weighted by molar-refractivity contribution is 0.291. The number of rotatable bonds is 11. The van der Waals surface area contributed by atoms with Gasteiger partial charge in [0.05, 0.1) is 0 Å². The van der Waals surface area contributed by atoms with Crippen LogP contribution in [0.3, 0.4) is 0 Å². The highest BCUT2D eigenvalue weighted by molar-refractivity contribution is 6.61. The molecular formula is C17H30O2Si. The van der Waals surface area contributed by atoms with Gasteiger partial charge in [-0.25, -0.2) is 0 Å². The summed E-state index contributed by atoms with van der Waals surface area (Å²) in [7, 11) is 1.85. The molecule has 0 saturated carbocycles. The summed E-state index contributed by atoms with van der Waals surface area (Å²) >= 11 is 0. The Kier molecular flexibility index (Phi) is 9.63. The van der Waals surface area contributed by atoms with Crippen molar-refractivity contribution in [2.24, 2.45) is 0 Å². The lowest BCUT2D eigenvalue weighted by atomic mass is 10.0. The fourth-order valence-corrected chi connectivity index (χ4v) is 4.13. The van der Waals surface area contributed by atoms with Gasteiger partial charge in [-0.1, -0.05) is 69.7 Å². The summed E-state index contributed by atoms with van der Waals surface area (Å²) in [5, 5.41) is 1.31. The molecule has 20 heavy (non-hydrogen) atoms. The molecule has 1 aromatic carbocycles. The van der Waals surface area contributed by atoms with E-state index in [4.69, 9.17) is 8.85 Å². The molecule has 0 spiro atoms. The van der Waals surface area contributed by atoms with Gasteiger partial charge in [0.25, 0.3) is 0 Å². The number of unbranched alkanes of at least 4 members (excludes halogenated alkanes) is 6. The van der Waals surface area contributed by atoms with Crippen LogP contribution in [0.1, 0.15) is 57.4 Å². The lowest BCUT2D eigenvalue weighted by Crippen LogP contribution is -2.37. The predicted molar refractivity (Wildman–Crippen MR) is 88.9 cm³/mol. The van der Waals surface area contributed by atoms with Crippen molar-refractivity contribution in [3.05, 3.63) is 29.8 Å². The Hall–Kier alpha value is -0.643. The maximum absolute atomic E-state index is 5.51. The van der Waals surface area contributed by atoms with Crippen molar-refractivity contribution < 1.29 is 8.85 Å². The van der Waals surface area contributed by atoms with Crippen LogP contribution in [0.25, 0.3) is 0 Å². The molecule has 1 rings (SSSR count). The third kappa shape index (κ3) is 6.20. The van der Waals surface area contributed by atoms with Crippen LogP contribution in [-0.2, 0) is 15.3 Å². The third-order valence-corrected chi connectivity index (χ3v) is 5.71. The van der Waals surface area contributed by atoms with Gasteiger partial charge in [-0.2, -0.15) is 0 Å². The van der Waals surface area contributed by atoms with Crippen molar-refractivity contribution in [2.45, 2.75) is 58.3 Å². The van der Waals surface area contributed by atoms with Crippen LogP contribution in [0.4, 0.5) is 0 Å². The van der Waals surface area contributed by atoms with Gasteiger partial charge in [0.15, 0.2) is 0 Å². The van der Waals surface area contributed by atoms with E-state index in [2.05, 4.69) is 31.2 Å². The number of benzene rings is 1. The van der Waals surface area contributed by atoms with Crippen LogP contribution in [0, 0.1) is 0 Å². The van der Waals surface area contributed by atoms with E-state index in [9.17, 15) is 0 Å². The smallest absolute Gasteiger partial charge is 0.355 e. The molecule has 0 fully saturated rings. The first-order valence-corrected chi connectivity index (χ1v) is 9.48. The molecule has 1 aromatic rings. The molecule has 0 heterocycles. The molecule has 0 aliphatic carbocycles. The molecule has 2 nitrogen and oxygen atoms in total. The molecule has 3 heteroatoms. The third-order valence-electron chi connectivity index (χ3n) is 3.79. The molecule has 0 aliphatic heterocycles. The van der Waals surface area contributed by atoms with Gasteiger partial charge in [-0.05, 0) is 23.6 Å². The van der Waals surface area contributed by atoms with Crippen LogP contribution in [-0.4, -0.2) is 23.5 Å². The van der Waals surface area contributed by atoms with E-state index in [0.29, 0.717) is 0 Å². The molecular weight excluding hydrogens is 264 g/mol. The maximum atomic E-state index is 5.51. The van der Waals surface area contributed by atoms with E-state index in [1.807, 2.05) is 0 Å². The second kappa shape index (κ2) is 11.1. The first-order valence-electron chi connectivity index (χ1n) is 7.96. The van der Waals surface area contributed by atoms with Crippen LogP contribution in [0.2, 0.25) is 0 Å². The van der Waals surface area contributed by atoms with E-state index in [1.54, 1.807) is 14.2 Å². The van der Waals surface area contributed by atoms with Crippen LogP contribution < -0.4 is 5.19 Å². The summed E-state index contributed by atoms with van der Waals surface area (Å²) in [6.07, 6.45) is 10.6. The monoisotopic (exact) mass is 294 g/mol. The molecule has 0 unspecified atom stereocenters. The zero-order chi connectivity index (χ0) is 14.6. The summed E-state index contributed by atoms with van der Waals surface area (Å²) < 4.78 is 11.0. The summed E-state index contributed by atoms with van der Waals surface area (Å²) in [6, 6.07) is 8.60. The fourth-order valence-electron chi connectivity index (χ4n) is 2.61. The Morgan fingerprint density at radius 1 is 0.850 bits per heavy atom. The predicted octanol–water partition coefficient (Wildman–Crippen LogP) is 3.70. The minimum absolute atomic E-state index is 1.15. The van der Waals surface area contributed by atoms with Gasteiger partial charge in [0.1, 0.15) is 0 Å². The van der Waals surface area contributed by atoms with E-state index in [-0.39, 0.29) is 0 Å². The van der Waals surface area contributed by atoms with Crippen molar-refractivity contribution in [3.63, 3.8) is 0 Å². The summed E-state index contributed by atoms with van der Waals surface area (Å²) in [5.41, 5.74) is 1.42. The zero-order valence-corrected chi connectivity index (χ0v) is 14.5. The Morgan fingerprint density at radius 3 is 2.10 bits per heavy atom. The quantitative estimate of drug-likeness (QED) is 0.458. The van der Waals surface area contributed by atoms with Crippen molar-refractivity contribution in [2.75, 3.05) is 14.2 Å². The van der Waals surface area contributed by atoms with Crippen LogP contribution >= 0.6 is 0 Å². The van der Waals surface area contributed by atoms with Crippen molar-refractivity contribution in [3.8, 4) is 0 Å². The highest BCUT2D eigenvalue weighted by Crippen LogP contribution is 2.10. The Labute approximate surface area is 126 Å². The standard InChI is InChI=1S/C17H30O2Si/c1-4-5-6-7-8-9-10-13-16-14-11-12-15-17(16)20(18-2)19-3/h11-12,14-15,20H,4-10,13H2,1-3H3. The van der Waals surface area contributed by atoms with Gasteiger partial charge in [-0.3, -0.25) is 0 Å². The molecule has 0 aliphatic rings. The average molecular weight is 295 g/mol. The molecule has 0 radical (unpaired) electrons. The molecule has 0 atom stereocenters. The summed E-state index contributed by atoms with van der Waals surface area (Å²) in [6.45, 7) is 2.27. The first-order chi connectivity index (χ1) is 9.83. The Balaban J connectivity index is 2.36. The number of aryl methyl sites for hydroxylation is 1. The van der Waals surface area contributed by atoms with Crippen LogP contribution in [0.5, 0.6) is 0 Å². The van der Waals surface area contributed by atoms with Gasteiger partial charge in [-0.15, -0.1) is 0 Å². The highest BCUT2D eigenvalue weighted by atomic mass is 28.3. The number of hydrogen-bond donors (Lipinski definition) is 0. The molecule has 0 N–H and O–H groups in total. The minimum atomic E-state index is -1.66. The van der Waals surface area contributed by atoms with E-state index < -0.39 is 9.28 Å². The fraction of sp³-hybridized carbons (Fsp3) is 0.647. The van der Waals surface area contributed by atoms with Crippen molar-refractivity contribution in [1.29, 1.82) is 0 Å². The molecule has 0 bridgehead atoms. The SMILES string of the molecule is CCCCCCCCCc1ccccc1[SiH](OC)OC. The lowest BCUT2D eigenvalue weighted by Gasteiger charge is -2.15.